The summed E-state index contributed by atoms with van der Waals surface area (Å²) in [6.45, 7) is 1.87. The van der Waals surface area contributed by atoms with Gasteiger partial charge in [0.05, 0.1) is 17.9 Å². The lowest BCUT2D eigenvalue weighted by Gasteiger charge is -2.13. The highest BCUT2D eigenvalue weighted by Crippen LogP contribution is 2.13. The molecule has 1 aromatic heterocycles. The van der Waals surface area contributed by atoms with Crippen molar-refractivity contribution >= 4 is 17.7 Å². The summed E-state index contributed by atoms with van der Waals surface area (Å²) in [7, 11) is 0. The standard InChI is InChI=1S/C13H14N4OS/c1-9(11-8-14-17-13(16-11)19-2)15-12(18)10-6-4-3-5-7-10/h3-9H,1-2H3,(H,15,18). The highest BCUT2D eigenvalue weighted by atomic mass is 32.2. The van der Waals surface area contributed by atoms with E-state index in [2.05, 4.69) is 20.5 Å². The lowest BCUT2D eigenvalue weighted by Crippen LogP contribution is -2.27. The molecule has 2 rings (SSSR count). The normalized spacial score (nSPS) is 11.9. The van der Waals surface area contributed by atoms with E-state index in [1.165, 1.54) is 11.8 Å². The number of aromatic nitrogens is 3. The van der Waals surface area contributed by atoms with Gasteiger partial charge >= 0.3 is 0 Å². The van der Waals surface area contributed by atoms with Gasteiger partial charge < -0.3 is 5.32 Å². The van der Waals surface area contributed by atoms with Crippen LogP contribution >= 0.6 is 11.8 Å². The molecule has 6 heteroatoms. The lowest BCUT2D eigenvalue weighted by molar-refractivity contribution is 0.0939. The van der Waals surface area contributed by atoms with Crippen molar-refractivity contribution in [2.24, 2.45) is 0 Å². The molecule has 98 valence electrons. The molecular formula is C13H14N4OS. The molecule has 0 saturated carbocycles. The monoisotopic (exact) mass is 274 g/mol. The second-order valence-electron chi connectivity index (χ2n) is 3.93. The topological polar surface area (TPSA) is 67.8 Å². The lowest BCUT2D eigenvalue weighted by atomic mass is 10.2. The van der Waals surface area contributed by atoms with Gasteiger partial charge in [0.25, 0.3) is 5.91 Å². The molecule has 1 N–H and O–H groups in total. The van der Waals surface area contributed by atoms with Crippen LogP contribution in [0.5, 0.6) is 0 Å². The summed E-state index contributed by atoms with van der Waals surface area (Å²) in [5.41, 5.74) is 1.32. The minimum absolute atomic E-state index is 0.127. The first-order chi connectivity index (χ1) is 9.20. The number of nitrogens with zero attached hydrogens (tertiary/aromatic N) is 3. The van der Waals surface area contributed by atoms with Crippen LogP contribution in [0.2, 0.25) is 0 Å². The highest BCUT2D eigenvalue weighted by Gasteiger charge is 2.13. The summed E-state index contributed by atoms with van der Waals surface area (Å²) < 4.78 is 0. The molecule has 5 nitrogen and oxygen atoms in total. The van der Waals surface area contributed by atoms with Crippen LogP contribution in [0.4, 0.5) is 0 Å². The minimum atomic E-state index is -0.214. The second-order valence-corrected chi connectivity index (χ2v) is 4.70. The van der Waals surface area contributed by atoms with Crippen LogP contribution in [0, 0.1) is 0 Å². The van der Waals surface area contributed by atoms with E-state index in [4.69, 9.17) is 0 Å². The second kappa shape index (κ2) is 6.29. The zero-order valence-corrected chi connectivity index (χ0v) is 11.5. The van der Waals surface area contributed by atoms with E-state index in [0.717, 1.165) is 0 Å². The average Bonchev–Trinajstić information content (AvgIpc) is 2.48. The van der Waals surface area contributed by atoms with Gasteiger partial charge in [0.1, 0.15) is 0 Å². The van der Waals surface area contributed by atoms with Crippen LogP contribution in [0.15, 0.2) is 41.7 Å². The van der Waals surface area contributed by atoms with Gasteiger partial charge in [-0.1, -0.05) is 30.0 Å². The van der Waals surface area contributed by atoms with Gasteiger partial charge in [-0.05, 0) is 25.3 Å². The number of carbonyl (C=O) groups excluding carboxylic acids is 1. The predicted octanol–water partition coefficient (Wildman–Crippen LogP) is 2.08. The fourth-order valence-electron chi connectivity index (χ4n) is 1.54. The Balaban J connectivity index is 2.08. The van der Waals surface area contributed by atoms with Crippen LogP contribution in [-0.2, 0) is 0 Å². The predicted molar refractivity (Wildman–Crippen MR) is 73.9 cm³/mol. The fraction of sp³-hybridized carbons (Fsp3) is 0.231. The maximum Gasteiger partial charge on any atom is 0.251 e. The number of thioether (sulfide) groups is 1. The number of rotatable bonds is 4. The zero-order valence-electron chi connectivity index (χ0n) is 10.7. The van der Waals surface area contributed by atoms with Crippen molar-refractivity contribution in [3.05, 3.63) is 47.8 Å². The molecule has 1 heterocycles. The number of nitrogens with one attached hydrogen (secondary N) is 1. The smallest absolute Gasteiger partial charge is 0.251 e. The summed E-state index contributed by atoms with van der Waals surface area (Å²) in [5.74, 6) is -0.127. The molecule has 19 heavy (non-hydrogen) atoms. The van der Waals surface area contributed by atoms with E-state index in [0.29, 0.717) is 16.4 Å². The fourth-order valence-corrected chi connectivity index (χ4v) is 1.86. The van der Waals surface area contributed by atoms with Gasteiger partial charge in [0.15, 0.2) is 0 Å². The number of carbonyl (C=O) groups is 1. The van der Waals surface area contributed by atoms with Crippen LogP contribution < -0.4 is 5.32 Å². The number of amides is 1. The number of hydrogen-bond acceptors (Lipinski definition) is 5. The summed E-state index contributed by atoms with van der Waals surface area (Å²) in [5, 5.41) is 11.2. The molecule has 0 fully saturated rings. The number of benzene rings is 1. The van der Waals surface area contributed by atoms with E-state index in [1.807, 2.05) is 31.4 Å². The maximum atomic E-state index is 12.0. The molecule has 0 bridgehead atoms. The molecule has 0 saturated heterocycles. The molecule has 1 unspecified atom stereocenters. The SMILES string of the molecule is CSc1nncc(C(C)NC(=O)c2ccccc2)n1. The highest BCUT2D eigenvalue weighted by molar-refractivity contribution is 7.98. The van der Waals surface area contributed by atoms with Gasteiger partial charge in [-0.15, -0.1) is 5.10 Å². The molecule has 2 aromatic rings. The molecule has 1 atom stereocenters. The summed E-state index contributed by atoms with van der Waals surface area (Å²) in [6, 6.07) is 8.87. The van der Waals surface area contributed by atoms with E-state index in [9.17, 15) is 4.79 Å². The van der Waals surface area contributed by atoms with Crippen LogP contribution in [-0.4, -0.2) is 27.3 Å². The van der Waals surface area contributed by atoms with Crippen molar-refractivity contribution in [2.45, 2.75) is 18.1 Å². The van der Waals surface area contributed by atoms with Crippen molar-refractivity contribution in [1.82, 2.24) is 20.5 Å². The Labute approximate surface area is 115 Å². The quantitative estimate of drug-likeness (QED) is 0.865. The Bertz CT molecular complexity index is 562. The molecule has 0 aliphatic carbocycles. The Kier molecular flexibility index (Phi) is 4.46. The van der Waals surface area contributed by atoms with E-state index in [-0.39, 0.29) is 11.9 Å². The van der Waals surface area contributed by atoms with Gasteiger partial charge in [0.2, 0.25) is 5.16 Å². The van der Waals surface area contributed by atoms with E-state index in [1.54, 1.807) is 18.3 Å². The van der Waals surface area contributed by atoms with E-state index >= 15 is 0 Å². The number of hydrogen-bond donors (Lipinski definition) is 1. The van der Waals surface area contributed by atoms with E-state index < -0.39 is 0 Å². The molecule has 1 aromatic carbocycles. The van der Waals surface area contributed by atoms with Gasteiger partial charge in [-0.2, -0.15) is 5.10 Å². The third kappa shape index (κ3) is 3.51. The Morgan fingerprint density at radius 2 is 2.05 bits per heavy atom. The van der Waals surface area contributed by atoms with Crippen molar-refractivity contribution < 1.29 is 4.79 Å². The van der Waals surface area contributed by atoms with Gasteiger partial charge in [-0.3, -0.25) is 4.79 Å². The van der Waals surface area contributed by atoms with Gasteiger partial charge in [-0.25, -0.2) is 4.98 Å². The molecular weight excluding hydrogens is 260 g/mol. The van der Waals surface area contributed by atoms with Crippen molar-refractivity contribution in [2.75, 3.05) is 6.26 Å². The van der Waals surface area contributed by atoms with Crippen LogP contribution in [0.3, 0.4) is 0 Å². The minimum Gasteiger partial charge on any atom is -0.344 e. The summed E-state index contributed by atoms with van der Waals surface area (Å²) in [4.78, 5) is 16.3. The summed E-state index contributed by atoms with van der Waals surface area (Å²) >= 11 is 1.42. The molecule has 0 aliphatic heterocycles. The first kappa shape index (κ1) is 13.5. The van der Waals surface area contributed by atoms with Crippen molar-refractivity contribution in [1.29, 1.82) is 0 Å². The van der Waals surface area contributed by atoms with Crippen LogP contribution in [0.1, 0.15) is 29.0 Å². The Hall–Kier alpha value is -1.95. The molecule has 0 aliphatic rings. The van der Waals surface area contributed by atoms with Gasteiger partial charge in [0, 0.05) is 5.56 Å². The third-order valence-corrected chi connectivity index (χ3v) is 3.11. The first-order valence-electron chi connectivity index (χ1n) is 5.80. The summed E-state index contributed by atoms with van der Waals surface area (Å²) in [6.07, 6.45) is 3.45. The van der Waals surface area contributed by atoms with Crippen LogP contribution in [0.25, 0.3) is 0 Å². The van der Waals surface area contributed by atoms with Crippen molar-refractivity contribution in [3.63, 3.8) is 0 Å². The zero-order chi connectivity index (χ0) is 13.7. The molecule has 1 amide bonds. The Morgan fingerprint density at radius 1 is 1.32 bits per heavy atom. The average molecular weight is 274 g/mol. The largest absolute Gasteiger partial charge is 0.344 e. The molecule has 0 radical (unpaired) electrons. The van der Waals surface area contributed by atoms with Crippen molar-refractivity contribution in [3.8, 4) is 0 Å². The Morgan fingerprint density at radius 3 is 2.74 bits per heavy atom. The molecule has 0 spiro atoms. The third-order valence-electron chi connectivity index (χ3n) is 2.57. The first-order valence-corrected chi connectivity index (χ1v) is 7.02. The maximum absolute atomic E-state index is 12.0.